The Balaban J connectivity index is 2.36. The van der Waals surface area contributed by atoms with Gasteiger partial charge in [0.2, 0.25) is 10.0 Å². The first-order valence-electron chi connectivity index (χ1n) is 6.56. The first kappa shape index (κ1) is 15.0. The Morgan fingerprint density at radius 1 is 1.35 bits per heavy atom. The monoisotopic (exact) mass is 296 g/mol. The average molecular weight is 296 g/mol. The molecule has 0 unspecified atom stereocenters. The van der Waals surface area contributed by atoms with Crippen molar-refractivity contribution in [2.24, 2.45) is 0 Å². The van der Waals surface area contributed by atoms with Gasteiger partial charge in [-0.05, 0) is 31.7 Å². The molecular formula is C14H20N2O3S. The lowest BCUT2D eigenvalue weighted by Crippen LogP contribution is -2.33. The van der Waals surface area contributed by atoms with Crippen molar-refractivity contribution in [3.63, 3.8) is 0 Å². The summed E-state index contributed by atoms with van der Waals surface area (Å²) in [4.78, 5) is 0.318. The van der Waals surface area contributed by atoms with Crippen LogP contribution in [0.15, 0.2) is 35.2 Å². The van der Waals surface area contributed by atoms with Crippen molar-refractivity contribution in [2.45, 2.75) is 17.9 Å². The maximum Gasteiger partial charge on any atom is 0.243 e. The van der Waals surface area contributed by atoms with E-state index in [1.807, 2.05) is 19.2 Å². The van der Waals surface area contributed by atoms with Gasteiger partial charge in [-0.2, -0.15) is 4.31 Å². The summed E-state index contributed by atoms with van der Waals surface area (Å²) >= 11 is 0. The van der Waals surface area contributed by atoms with E-state index in [2.05, 4.69) is 5.32 Å². The predicted molar refractivity (Wildman–Crippen MR) is 78.3 cm³/mol. The largest absolute Gasteiger partial charge is 0.496 e. The highest BCUT2D eigenvalue weighted by molar-refractivity contribution is 7.89. The molecule has 20 heavy (non-hydrogen) atoms. The minimum atomic E-state index is -3.43. The van der Waals surface area contributed by atoms with Crippen LogP contribution in [0.5, 0.6) is 5.75 Å². The Bertz CT molecular complexity index is 596. The van der Waals surface area contributed by atoms with Crippen molar-refractivity contribution >= 4 is 10.0 Å². The standard InChI is InChI=1S/C14H20N2O3S/c1-15-11-12-10-13(6-7-14(12)19-2)20(17,18)16-8-4-3-5-9-16/h3-4,6-7,10,15H,5,8-9,11H2,1-2H3. The van der Waals surface area contributed by atoms with E-state index in [9.17, 15) is 8.42 Å². The Hall–Kier alpha value is -1.37. The molecule has 2 rings (SSSR count). The third kappa shape index (κ3) is 3.03. The third-order valence-electron chi connectivity index (χ3n) is 3.28. The fourth-order valence-electron chi connectivity index (χ4n) is 2.23. The van der Waals surface area contributed by atoms with Crippen LogP contribution in [0.3, 0.4) is 0 Å². The zero-order valence-electron chi connectivity index (χ0n) is 11.8. The van der Waals surface area contributed by atoms with Crippen molar-refractivity contribution in [3.8, 4) is 5.75 Å². The van der Waals surface area contributed by atoms with Crippen molar-refractivity contribution in [2.75, 3.05) is 27.2 Å². The molecule has 0 radical (unpaired) electrons. The Kier molecular flexibility index (Phi) is 4.80. The van der Waals surface area contributed by atoms with Gasteiger partial charge in [-0.25, -0.2) is 8.42 Å². The molecule has 0 aliphatic carbocycles. The van der Waals surface area contributed by atoms with Gasteiger partial charge >= 0.3 is 0 Å². The second-order valence-corrected chi connectivity index (χ2v) is 6.57. The summed E-state index contributed by atoms with van der Waals surface area (Å²) in [6.07, 6.45) is 4.66. The van der Waals surface area contributed by atoms with Crippen molar-refractivity contribution in [3.05, 3.63) is 35.9 Å². The molecule has 0 atom stereocenters. The molecule has 0 spiro atoms. The van der Waals surface area contributed by atoms with E-state index >= 15 is 0 Å². The van der Waals surface area contributed by atoms with E-state index in [0.29, 0.717) is 30.3 Å². The average Bonchev–Trinajstić information content (AvgIpc) is 2.48. The first-order valence-corrected chi connectivity index (χ1v) is 8.00. The maximum absolute atomic E-state index is 12.6. The highest BCUT2D eigenvalue weighted by Crippen LogP contribution is 2.25. The summed E-state index contributed by atoms with van der Waals surface area (Å²) in [6, 6.07) is 4.99. The molecular weight excluding hydrogens is 276 g/mol. The van der Waals surface area contributed by atoms with Crippen molar-refractivity contribution in [1.29, 1.82) is 0 Å². The molecule has 1 aromatic carbocycles. The molecule has 6 heteroatoms. The summed E-state index contributed by atoms with van der Waals surface area (Å²) < 4.78 is 31.9. The molecule has 5 nitrogen and oxygen atoms in total. The molecule has 1 aliphatic heterocycles. The minimum absolute atomic E-state index is 0.318. The normalized spacial score (nSPS) is 16.3. The smallest absolute Gasteiger partial charge is 0.243 e. The Labute approximate surface area is 120 Å². The second-order valence-electron chi connectivity index (χ2n) is 4.63. The molecule has 1 aromatic rings. The van der Waals surface area contributed by atoms with Gasteiger partial charge in [0, 0.05) is 25.2 Å². The molecule has 1 N–H and O–H groups in total. The number of ether oxygens (including phenoxy) is 1. The summed E-state index contributed by atoms with van der Waals surface area (Å²) in [5, 5.41) is 3.02. The Morgan fingerprint density at radius 3 is 2.75 bits per heavy atom. The summed E-state index contributed by atoms with van der Waals surface area (Å²) in [5.74, 6) is 0.692. The number of hydrogen-bond donors (Lipinski definition) is 1. The van der Waals surface area contributed by atoms with Crippen LogP contribution in [0.4, 0.5) is 0 Å². The number of nitrogens with one attached hydrogen (secondary N) is 1. The minimum Gasteiger partial charge on any atom is -0.496 e. The van der Waals surface area contributed by atoms with Crippen LogP contribution >= 0.6 is 0 Å². The van der Waals surface area contributed by atoms with E-state index in [-0.39, 0.29) is 0 Å². The van der Waals surface area contributed by atoms with E-state index in [1.54, 1.807) is 25.3 Å². The van der Waals surface area contributed by atoms with E-state index in [4.69, 9.17) is 4.74 Å². The van der Waals surface area contributed by atoms with Crippen LogP contribution in [0.1, 0.15) is 12.0 Å². The van der Waals surface area contributed by atoms with Crippen LogP contribution in [0, 0.1) is 0 Å². The fourth-order valence-corrected chi connectivity index (χ4v) is 3.69. The SMILES string of the molecule is CNCc1cc(S(=O)(=O)N2CC=CCC2)ccc1OC. The molecule has 0 saturated heterocycles. The lowest BCUT2D eigenvalue weighted by molar-refractivity contribution is 0.407. The maximum atomic E-state index is 12.6. The number of hydrogen-bond acceptors (Lipinski definition) is 4. The number of methoxy groups -OCH3 is 1. The van der Waals surface area contributed by atoms with E-state index in [1.165, 1.54) is 4.31 Å². The van der Waals surface area contributed by atoms with Gasteiger partial charge in [-0.15, -0.1) is 0 Å². The van der Waals surface area contributed by atoms with Gasteiger partial charge < -0.3 is 10.1 Å². The summed E-state index contributed by atoms with van der Waals surface area (Å²) in [6.45, 7) is 1.54. The van der Waals surface area contributed by atoms with Crippen molar-refractivity contribution in [1.82, 2.24) is 9.62 Å². The van der Waals surface area contributed by atoms with Gasteiger partial charge in [0.15, 0.2) is 0 Å². The topological polar surface area (TPSA) is 58.6 Å². The van der Waals surface area contributed by atoms with E-state index < -0.39 is 10.0 Å². The molecule has 1 aliphatic rings. The third-order valence-corrected chi connectivity index (χ3v) is 5.14. The summed E-state index contributed by atoms with van der Waals surface area (Å²) in [5.41, 5.74) is 0.837. The van der Waals surface area contributed by atoms with Crippen LogP contribution in [-0.4, -0.2) is 40.0 Å². The molecule has 0 saturated carbocycles. The molecule has 110 valence electrons. The van der Waals surface area contributed by atoms with Crippen LogP contribution in [-0.2, 0) is 16.6 Å². The molecule has 1 heterocycles. The zero-order chi connectivity index (χ0) is 14.6. The number of nitrogens with zero attached hydrogens (tertiary/aromatic N) is 1. The van der Waals surface area contributed by atoms with E-state index in [0.717, 1.165) is 12.0 Å². The summed E-state index contributed by atoms with van der Waals surface area (Å²) in [7, 11) is -0.0321. The van der Waals surface area contributed by atoms with Crippen LogP contribution in [0.25, 0.3) is 0 Å². The first-order chi connectivity index (χ1) is 9.59. The number of benzene rings is 1. The lowest BCUT2D eigenvalue weighted by Gasteiger charge is -2.23. The molecule has 0 amide bonds. The van der Waals surface area contributed by atoms with Gasteiger partial charge in [0.1, 0.15) is 5.75 Å². The highest BCUT2D eigenvalue weighted by atomic mass is 32.2. The molecule has 0 aromatic heterocycles. The van der Waals surface area contributed by atoms with Gasteiger partial charge in [-0.1, -0.05) is 12.2 Å². The second kappa shape index (κ2) is 6.39. The zero-order valence-corrected chi connectivity index (χ0v) is 12.6. The van der Waals surface area contributed by atoms with Gasteiger partial charge in [-0.3, -0.25) is 0 Å². The predicted octanol–water partition coefficient (Wildman–Crippen LogP) is 1.37. The van der Waals surface area contributed by atoms with Gasteiger partial charge in [0.05, 0.1) is 12.0 Å². The quantitative estimate of drug-likeness (QED) is 0.834. The van der Waals surface area contributed by atoms with Crippen molar-refractivity contribution < 1.29 is 13.2 Å². The molecule has 0 fully saturated rings. The van der Waals surface area contributed by atoms with Crippen LogP contribution in [0.2, 0.25) is 0 Å². The lowest BCUT2D eigenvalue weighted by atomic mass is 10.2. The van der Waals surface area contributed by atoms with Crippen LogP contribution < -0.4 is 10.1 Å². The fraction of sp³-hybridized carbons (Fsp3) is 0.429. The highest BCUT2D eigenvalue weighted by Gasteiger charge is 2.25. The Morgan fingerprint density at radius 2 is 2.15 bits per heavy atom. The molecule has 0 bridgehead atoms. The van der Waals surface area contributed by atoms with Gasteiger partial charge in [0.25, 0.3) is 0 Å². The number of rotatable bonds is 5. The number of sulfonamides is 1.